The normalized spacial score (nSPS) is 21.3. The fourth-order valence-electron chi connectivity index (χ4n) is 3.52. The van der Waals surface area contributed by atoms with Gasteiger partial charge in [0.25, 0.3) is 5.91 Å². The zero-order valence-electron chi connectivity index (χ0n) is 15.7. The Bertz CT molecular complexity index is 841. The summed E-state index contributed by atoms with van der Waals surface area (Å²) in [7, 11) is 0. The van der Waals surface area contributed by atoms with Gasteiger partial charge < -0.3 is 16.4 Å². The van der Waals surface area contributed by atoms with E-state index in [1.807, 2.05) is 25.1 Å². The van der Waals surface area contributed by atoms with Crippen molar-refractivity contribution in [2.24, 2.45) is 11.7 Å². The van der Waals surface area contributed by atoms with Crippen LogP contribution in [0.4, 0.5) is 11.4 Å². The first kappa shape index (κ1) is 22.2. The summed E-state index contributed by atoms with van der Waals surface area (Å²) >= 11 is 6.19. The molecule has 1 aliphatic carbocycles. The number of carbonyl (C=O) groups excluding carboxylic acids is 2. The fraction of sp³-hybridized carbons (Fsp3) is 0.333. The second kappa shape index (κ2) is 9.41. The number of para-hydroxylation sites is 1. The third-order valence-electron chi connectivity index (χ3n) is 5.08. The van der Waals surface area contributed by atoms with Crippen LogP contribution in [-0.4, -0.2) is 17.4 Å². The van der Waals surface area contributed by atoms with Crippen LogP contribution >= 0.6 is 24.0 Å². The number of hydrogen-bond acceptors (Lipinski definition) is 3. The summed E-state index contributed by atoms with van der Waals surface area (Å²) in [5, 5.41) is 6.02. The van der Waals surface area contributed by atoms with Crippen molar-refractivity contribution < 1.29 is 9.59 Å². The number of anilines is 2. The van der Waals surface area contributed by atoms with E-state index in [0.717, 1.165) is 25.7 Å². The molecule has 2 aromatic rings. The Balaban J connectivity index is 0.00000280. The largest absolute Gasteiger partial charge is 0.326 e. The molecule has 2 aromatic carbocycles. The first-order chi connectivity index (χ1) is 12.9. The molecule has 1 aliphatic rings. The van der Waals surface area contributed by atoms with Gasteiger partial charge in [0, 0.05) is 16.9 Å². The zero-order chi connectivity index (χ0) is 19.4. The van der Waals surface area contributed by atoms with Gasteiger partial charge in [0.2, 0.25) is 5.91 Å². The maximum absolute atomic E-state index is 12.7. The number of hydrogen-bond donors (Lipinski definition) is 3. The van der Waals surface area contributed by atoms with Crippen molar-refractivity contribution in [1.82, 2.24) is 0 Å². The van der Waals surface area contributed by atoms with E-state index < -0.39 is 5.54 Å². The Hall–Kier alpha value is -2.08. The number of rotatable bonds is 4. The van der Waals surface area contributed by atoms with Gasteiger partial charge in [0.05, 0.1) is 16.5 Å². The van der Waals surface area contributed by atoms with E-state index in [2.05, 4.69) is 10.6 Å². The van der Waals surface area contributed by atoms with Crippen molar-refractivity contribution in [2.75, 3.05) is 10.6 Å². The van der Waals surface area contributed by atoms with E-state index in [9.17, 15) is 9.59 Å². The Labute approximate surface area is 176 Å². The van der Waals surface area contributed by atoms with E-state index in [4.69, 9.17) is 17.3 Å². The second-order valence-electron chi connectivity index (χ2n) is 7.31. The average Bonchev–Trinajstić information content (AvgIpc) is 2.63. The summed E-state index contributed by atoms with van der Waals surface area (Å²) < 4.78 is 0. The molecular weight excluding hydrogens is 397 g/mol. The molecule has 4 N–H and O–H groups in total. The minimum Gasteiger partial charge on any atom is -0.326 e. The van der Waals surface area contributed by atoms with E-state index in [0.29, 0.717) is 22.0 Å². The zero-order valence-corrected chi connectivity index (χ0v) is 17.3. The van der Waals surface area contributed by atoms with Gasteiger partial charge in [-0.2, -0.15) is 0 Å². The van der Waals surface area contributed by atoms with Gasteiger partial charge >= 0.3 is 0 Å². The van der Waals surface area contributed by atoms with Crippen molar-refractivity contribution in [2.45, 2.75) is 38.1 Å². The van der Waals surface area contributed by atoms with Crippen LogP contribution in [0.15, 0.2) is 48.5 Å². The minimum atomic E-state index is -0.512. The lowest BCUT2D eigenvalue weighted by atomic mass is 9.74. The summed E-state index contributed by atoms with van der Waals surface area (Å²) in [5.74, 6) is -0.691. The number of nitrogens with two attached hydrogens (primary N) is 1. The SMILES string of the molecule is CC1(N)CCCCC1C(=O)Nc1ccc(Cl)c(C(=O)Nc2ccccc2)c1.Cl. The van der Waals surface area contributed by atoms with Crippen LogP contribution in [0.2, 0.25) is 5.02 Å². The summed E-state index contributed by atoms with van der Waals surface area (Å²) in [5.41, 5.74) is 7.32. The van der Waals surface area contributed by atoms with E-state index in [-0.39, 0.29) is 30.1 Å². The smallest absolute Gasteiger partial charge is 0.257 e. The van der Waals surface area contributed by atoms with Crippen LogP contribution in [-0.2, 0) is 4.79 Å². The van der Waals surface area contributed by atoms with Gasteiger partial charge in [0.1, 0.15) is 0 Å². The van der Waals surface area contributed by atoms with E-state index in [1.54, 1.807) is 30.3 Å². The maximum Gasteiger partial charge on any atom is 0.257 e. The molecule has 0 radical (unpaired) electrons. The first-order valence-electron chi connectivity index (χ1n) is 9.12. The highest BCUT2D eigenvalue weighted by atomic mass is 35.5. The number of benzene rings is 2. The Morgan fingerprint density at radius 2 is 1.79 bits per heavy atom. The molecular formula is C21H25Cl2N3O2. The van der Waals surface area contributed by atoms with Gasteiger partial charge in [-0.15, -0.1) is 12.4 Å². The van der Waals surface area contributed by atoms with E-state index in [1.165, 1.54) is 0 Å². The average molecular weight is 422 g/mol. The summed E-state index contributed by atoms with van der Waals surface area (Å²) in [6, 6.07) is 14.0. The molecule has 150 valence electrons. The lowest BCUT2D eigenvalue weighted by Crippen LogP contribution is -2.51. The lowest BCUT2D eigenvalue weighted by molar-refractivity contribution is -0.122. The molecule has 28 heavy (non-hydrogen) atoms. The molecule has 7 heteroatoms. The van der Waals surface area contributed by atoms with Crippen LogP contribution < -0.4 is 16.4 Å². The Kier molecular flexibility index (Phi) is 7.47. The molecule has 2 amide bonds. The molecule has 2 atom stereocenters. The summed E-state index contributed by atoms with van der Waals surface area (Å²) in [6.07, 6.45) is 3.64. The highest BCUT2D eigenvalue weighted by molar-refractivity contribution is 6.34. The molecule has 5 nitrogen and oxygen atoms in total. The van der Waals surface area contributed by atoms with Crippen molar-refractivity contribution in [3.8, 4) is 0 Å². The molecule has 3 rings (SSSR count). The molecule has 2 unspecified atom stereocenters. The van der Waals surface area contributed by atoms with Gasteiger partial charge in [-0.25, -0.2) is 0 Å². The number of nitrogens with one attached hydrogen (secondary N) is 2. The number of carbonyl (C=O) groups is 2. The standard InChI is InChI=1S/C21H24ClN3O2.ClH/c1-21(23)12-6-5-9-17(21)20(27)25-15-10-11-18(22)16(13-15)19(26)24-14-7-3-2-4-8-14;/h2-4,7-8,10-11,13,17H,5-6,9,12,23H2,1H3,(H,24,26)(H,25,27);1H. The van der Waals surface area contributed by atoms with Crippen molar-refractivity contribution >= 4 is 47.2 Å². The van der Waals surface area contributed by atoms with Gasteiger partial charge in [-0.1, -0.05) is 42.6 Å². The highest BCUT2D eigenvalue weighted by Crippen LogP contribution is 2.32. The monoisotopic (exact) mass is 421 g/mol. The van der Waals surface area contributed by atoms with Crippen LogP contribution in [0.1, 0.15) is 43.0 Å². The number of amides is 2. The van der Waals surface area contributed by atoms with Gasteiger partial charge in [0.15, 0.2) is 0 Å². The van der Waals surface area contributed by atoms with Crippen LogP contribution in [0, 0.1) is 5.92 Å². The highest BCUT2D eigenvalue weighted by Gasteiger charge is 2.37. The third kappa shape index (κ3) is 5.25. The maximum atomic E-state index is 12.7. The molecule has 1 fully saturated rings. The van der Waals surface area contributed by atoms with Crippen molar-refractivity contribution in [1.29, 1.82) is 0 Å². The molecule has 0 aromatic heterocycles. The predicted molar refractivity (Wildman–Crippen MR) is 116 cm³/mol. The number of halogens is 2. The molecule has 0 spiro atoms. The van der Waals surface area contributed by atoms with Crippen molar-refractivity contribution in [3.63, 3.8) is 0 Å². The van der Waals surface area contributed by atoms with Gasteiger partial charge in [-0.3, -0.25) is 9.59 Å². The second-order valence-corrected chi connectivity index (χ2v) is 7.72. The van der Waals surface area contributed by atoms with Crippen LogP contribution in [0.3, 0.4) is 0 Å². The topological polar surface area (TPSA) is 84.2 Å². The molecule has 0 heterocycles. The van der Waals surface area contributed by atoms with E-state index >= 15 is 0 Å². The predicted octanol–water partition coefficient (Wildman–Crippen LogP) is 4.86. The molecule has 0 aliphatic heterocycles. The lowest BCUT2D eigenvalue weighted by Gasteiger charge is -2.37. The van der Waals surface area contributed by atoms with Crippen LogP contribution in [0.25, 0.3) is 0 Å². The quantitative estimate of drug-likeness (QED) is 0.658. The molecule has 0 saturated heterocycles. The van der Waals surface area contributed by atoms with Crippen LogP contribution in [0.5, 0.6) is 0 Å². The molecule has 1 saturated carbocycles. The third-order valence-corrected chi connectivity index (χ3v) is 5.41. The minimum absolute atomic E-state index is 0. The van der Waals surface area contributed by atoms with Crippen molar-refractivity contribution in [3.05, 3.63) is 59.1 Å². The Morgan fingerprint density at radius 1 is 1.07 bits per heavy atom. The summed E-state index contributed by atoms with van der Waals surface area (Å²) in [6.45, 7) is 1.93. The van der Waals surface area contributed by atoms with Gasteiger partial charge in [-0.05, 0) is 50.1 Å². The summed E-state index contributed by atoms with van der Waals surface area (Å²) in [4.78, 5) is 25.3. The Morgan fingerprint density at radius 3 is 2.46 bits per heavy atom. The molecule has 0 bridgehead atoms. The fourth-order valence-corrected chi connectivity index (χ4v) is 3.72. The first-order valence-corrected chi connectivity index (χ1v) is 9.50.